The summed E-state index contributed by atoms with van der Waals surface area (Å²) in [6, 6.07) is 16.0. The maximum atomic E-state index is 12.3. The molecule has 8 heteroatoms. The molecule has 2 aromatic carbocycles. The molecule has 1 aromatic heterocycles. The van der Waals surface area contributed by atoms with Crippen molar-refractivity contribution >= 4 is 44.8 Å². The first kappa shape index (κ1) is 16.8. The van der Waals surface area contributed by atoms with Crippen molar-refractivity contribution in [3.63, 3.8) is 0 Å². The van der Waals surface area contributed by atoms with Crippen molar-refractivity contribution in [3.8, 4) is 0 Å². The summed E-state index contributed by atoms with van der Waals surface area (Å²) in [4.78, 5) is 12.1. The van der Waals surface area contributed by atoms with E-state index in [2.05, 4.69) is 15.5 Å². The molecule has 3 rings (SSSR count). The minimum atomic E-state index is -1.30. The van der Waals surface area contributed by atoms with Gasteiger partial charge in [-0.25, -0.2) is 0 Å². The Balaban J connectivity index is 1.66. The van der Waals surface area contributed by atoms with Crippen molar-refractivity contribution in [2.45, 2.75) is 10.1 Å². The smallest absolute Gasteiger partial charge is 0.257 e. The van der Waals surface area contributed by atoms with Gasteiger partial charge in [0, 0.05) is 10.6 Å². The average Bonchev–Trinajstić information content (AvgIpc) is 3.05. The van der Waals surface area contributed by atoms with Gasteiger partial charge in [0.1, 0.15) is 0 Å². The van der Waals surface area contributed by atoms with E-state index in [4.69, 9.17) is 11.6 Å². The van der Waals surface area contributed by atoms with Crippen molar-refractivity contribution < 1.29 is 9.00 Å². The fourth-order valence-corrected chi connectivity index (χ4v) is 4.04. The number of carbonyl (C=O) groups is 1. The van der Waals surface area contributed by atoms with Gasteiger partial charge < -0.3 is 0 Å². The third-order valence-corrected chi connectivity index (χ3v) is 5.83. The predicted molar refractivity (Wildman–Crippen MR) is 95.9 cm³/mol. The van der Waals surface area contributed by atoms with E-state index in [0.717, 1.165) is 16.9 Å². The van der Waals surface area contributed by atoms with Crippen LogP contribution in [0.15, 0.2) is 58.9 Å². The van der Waals surface area contributed by atoms with Gasteiger partial charge in [0.2, 0.25) is 9.47 Å². The monoisotopic (exact) mass is 377 g/mol. The summed E-state index contributed by atoms with van der Waals surface area (Å²) in [6.45, 7) is 0. The number of amides is 1. The topological polar surface area (TPSA) is 72.0 Å². The molecule has 1 heterocycles. The van der Waals surface area contributed by atoms with E-state index in [1.54, 1.807) is 24.3 Å². The molecule has 5 nitrogen and oxygen atoms in total. The molecular weight excluding hydrogens is 366 g/mol. The number of nitrogens with zero attached hydrogens (tertiary/aromatic N) is 2. The highest BCUT2D eigenvalue weighted by molar-refractivity contribution is 7.86. The fraction of sp³-hybridized carbons (Fsp3) is 0.0625. The van der Waals surface area contributed by atoms with Crippen LogP contribution in [0.3, 0.4) is 0 Å². The maximum Gasteiger partial charge on any atom is 0.257 e. The van der Waals surface area contributed by atoms with E-state index in [-0.39, 0.29) is 5.91 Å². The Hall–Kier alpha value is -2.09. The highest BCUT2D eigenvalue weighted by Crippen LogP contribution is 2.21. The van der Waals surface area contributed by atoms with Crippen molar-refractivity contribution in [3.05, 3.63) is 70.7 Å². The van der Waals surface area contributed by atoms with Crippen LogP contribution in [-0.2, 0) is 16.6 Å². The van der Waals surface area contributed by atoms with Crippen molar-refractivity contribution in [1.29, 1.82) is 0 Å². The summed E-state index contributed by atoms with van der Waals surface area (Å²) < 4.78 is 12.7. The first-order valence-corrected chi connectivity index (χ1v) is 9.46. The van der Waals surface area contributed by atoms with Crippen LogP contribution in [0.5, 0.6) is 0 Å². The SMILES string of the molecule is O=C(Nc1nnc(S(=O)Cc2ccccc2)s1)c1ccc(Cl)cc1. The van der Waals surface area contributed by atoms with Crippen molar-refractivity contribution in [2.24, 2.45) is 0 Å². The highest BCUT2D eigenvalue weighted by atomic mass is 35.5. The number of hydrogen-bond acceptors (Lipinski definition) is 5. The fourth-order valence-electron chi connectivity index (χ4n) is 1.91. The van der Waals surface area contributed by atoms with Crippen LogP contribution >= 0.6 is 22.9 Å². The van der Waals surface area contributed by atoms with E-state index in [9.17, 15) is 9.00 Å². The van der Waals surface area contributed by atoms with E-state index >= 15 is 0 Å². The van der Waals surface area contributed by atoms with Crippen LogP contribution in [0.25, 0.3) is 0 Å². The summed E-state index contributed by atoms with van der Waals surface area (Å²) in [6.07, 6.45) is 0. The number of nitrogens with one attached hydrogen (secondary N) is 1. The Labute approximate surface area is 150 Å². The molecule has 0 aliphatic heterocycles. The molecular formula is C16H12ClN3O2S2. The van der Waals surface area contributed by atoms with E-state index in [1.165, 1.54) is 0 Å². The lowest BCUT2D eigenvalue weighted by molar-refractivity contribution is 0.102. The summed E-state index contributed by atoms with van der Waals surface area (Å²) in [7, 11) is -1.30. The third-order valence-electron chi connectivity index (χ3n) is 3.07. The maximum absolute atomic E-state index is 12.3. The second-order valence-corrected chi connectivity index (χ2v) is 7.85. The molecule has 0 aliphatic carbocycles. The number of carbonyl (C=O) groups excluding carboxylic acids is 1. The number of rotatable bonds is 5. The molecule has 0 bridgehead atoms. The molecule has 1 N–H and O–H groups in total. The number of anilines is 1. The Morgan fingerprint density at radius 3 is 2.50 bits per heavy atom. The van der Waals surface area contributed by atoms with Crippen LogP contribution in [0.1, 0.15) is 15.9 Å². The van der Waals surface area contributed by atoms with Gasteiger partial charge >= 0.3 is 0 Å². The largest absolute Gasteiger partial charge is 0.296 e. The molecule has 1 amide bonds. The van der Waals surface area contributed by atoms with Gasteiger partial charge in [-0.05, 0) is 29.8 Å². The second kappa shape index (κ2) is 7.65. The molecule has 1 unspecified atom stereocenters. The Bertz CT molecular complexity index is 867. The Kier molecular flexibility index (Phi) is 5.34. The summed E-state index contributed by atoms with van der Waals surface area (Å²) in [5.74, 6) is 0.0452. The molecule has 122 valence electrons. The van der Waals surface area contributed by atoms with Crippen LogP contribution < -0.4 is 5.32 Å². The standard InChI is InChI=1S/C16H12ClN3O2S2/c17-13-8-6-12(7-9-13)14(21)18-15-19-20-16(23-15)24(22)10-11-4-2-1-3-5-11/h1-9H,10H2,(H,18,19,21). The molecule has 0 fully saturated rings. The van der Waals surface area contributed by atoms with Gasteiger partial charge in [-0.2, -0.15) is 0 Å². The lowest BCUT2D eigenvalue weighted by Gasteiger charge is -2.00. The molecule has 0 saturated carbocycles. The lowest BCUT2D eigenvalue weighted by atomic mass is 10.2. The molecule has 0 radical (unpaired) electrons. The lowest BCUT2D eigenvalue weighted by Crippen LogP contribution is -2.11. The minimum absolute atomic E-state index is 0.311. The van der Waals surface area contributed by atoms with Crippen LogP contribution in [0.4, 0.5) is 5.13 Å². The summed E-state index contributed by atoms with van der Waals surface area (Å²) in [5.41, 5.74) is 1.42. The van der Waals surface area contributed by atoms with Gasteiger partial charge in [-0.1, -0.05) is 53.3 Å². The molecule has 24 heavy (non-hydrogen) atoms. The Morgan fingerprint density at radius 1 is 1.08 bits per heavy atom. The van der Waals surface area contributed by atoms with E-state index in [0.29, 0.717) is 25.8 Å². The van der Waals surface area contributed by atoms with Crippen molar-refractivity contribution in [1.82, 2.24) is 10.2 Å². The van der Waals surface area contributed by atoms with Crippen molar-refractivity contribution in [2.75, 3.05) is 5.32 Å². The van der Waals surface area contributed by atoms with E-state index in [1.807, 2.05) is 30.3 Å². The predicted octanol–water partition coefficient (Wildman–Crippen LogP) is 3.75. The second-order valence-electron chi connectivity index (χ2n) is 4.81. The van der Waals surface area contributed by atoms with Gasteiger partial charge in [0.05, 0.1) is 16.6 Å². The average molecular weight is 378 g/mol. The Morgan fingerprint density at radius 2 is 1.79 bits per heavy atom. The third kappa shape index (κ3) is 4.25. The summed E-state index contributed by atoms with van der Waals surface area (Å²) in [5, 5.41) is 11.3. The van der Waals surface area contributed by atoms with Crippen LogP contribution in [-0.4, -0.2) is 20.3 Å². The first-order valence-electron chi connectivity index (χ1n) is 6.94. The zero-order valence-electron chi connectivity index (χ0n) is 12.3. The minimum Gasteiger partial charge on any atom is -0.296 e. The molecule has 3 aromatic rings. The van der Waals surface area contributed by atoms with Crippen LogP contribution in [0.2, 0.25) is 5.02 Å². The normalized spacial score (nSPS) is 11.9. The molecule has 0 saturated heterocycles. The summed E-state index contributed by atoms with van der Waals surface area (Å²) >= 11 is 6.90. The number of aromatic nitrogens is 2. The number of benzene rings is 2. The van der Waals surface area contributed by atoms with E-state index < -0.39 is 10.8 Å². The highest BCUT2D eigenvalue weighted by Gasteiger charge is 2.14. The first-order chi connectivity index (χ1) is 11.6. The van der Waals surface area contributed by atoms with Crippen LogP contribution in [0, 0.1) is 0 Å². The quantitative estimate of drug-likeness (QED) is 0.687. The molecule has 0 spiro atoms. The van der Waals surface area contributed by atoms with Gasteiger partial charge in [-0.3, -0.25) is 14.3 Å². The zero-order chi connectivity index (χ0) is 16.9. The van der Waals surface area contributed by atoms with Gasteiger partial charge in [0.25, 0.3) is 5.91 Å². The molecule has 1 atom stereocenters. The number of halogens is 1. The van der Waals surface area contributed by atoms with Gasteiger partial charge in [-0.15, -0.1) is 10.2 Å². The zero-order valence-corrected chi connectivity index (χ0v) is 14.7. The van der Waals surface area contributed by atoms with Gasteiger partial charge in [0.15, 0.2) is 0 Å². The molecule has 0 aliphatic rings. The number of hydrogen-bond donors (Lipinski definition) is 1.